The maximum atomic E-state index is 11.7. The maximum Gasteiger partial charge on any atom is 0.326 e. The van der Waals surface area contributed by atoms with Crippen LogP contribution in [0, 0.1) is 0 Å². The lowest BCUT2D eigenvalue weighted by Gasteiger charge is -2.13. The Morgan fingerprint density at radius 2 is 1.95 bits per heavy atom. The molecule has 1 unspecified atom stereocenters. The largest absolute Gasteiger partial charge is 0.480 e. The van der Waals surface area contributed by atoms with Crippen LogP contribution in [-0.4, -0.2) is 28.9 Å². The van der Waals surface area contributed by atoms with Crippen molar-refractivity contribution < 1.29 is 19.5 Å². The molecule has 0 aliphatic rings. The fraction of sp³-hybridized carbons (Fsp3) is 0.250. The molecule has 102 valence electrons. The van der Waals surface area contributed by atoms with E-state index in [1.165, 1.54) is 0 Å². The minimum Gasteiger partial charge on any atom is -0.480 e. The molecule has 1 aromatic carbocycles. The van der Waals surface area contributed by atoms with Crippen LogP contribution in [-0.2, 0) is 20.8 Å². The highest BCUT2D eigenvalue weighted by molar-refractivity contribution is 6.31. The number of rotatable bonds is 6. The number of amides is 2. The number of aliphatic carboxylic acids is 1. The molecule has 1 aromatic rings. The molecule has 6 nitrogen and oxygen atoms in total. The van der Waals surface area contributed by atoms with Crippen LogP contribution < -0.4 is 11.1 Å². The summed E-state index contributed by atoms with van der Waals surface area (Å²) in [4.78, 5) is 33.2. The van der Waals surface area contributed by atoms with E-state index in [1.807, 2.05) is 0 Å². The summed E-state index contributed by atoms with van der Waals surface area (Å²) < 4.78 is 0. The van der Waals surface area contributed by atoms with Crippen molar-refractivity contribution in [1.82, 2.24) is 5.32 Å². The number of halogens is 1. The summed E-state index contributed by atoms with van der Waals surface area (Å²) >= 11 is 5.88. The molecule has 0 bridgehead atoms. The van der Waals surface area contributed by atoms with Gasteiger partial charge >= 0.3 is 5.97 Å². The Kier molecular flexibility index (Phi) is 5.32. The molecule has 0 fully saturated rings. The highest BCUT2D eigenvalue weighted by Crippen LogP contribution is 2.15. The number of nitrogens with one attached hydrogen (secondary N) is 1. The number of hydrogen-bond acceptors (Lipinski definition) is 3. The first-order valence-corrected chi connectivity index (χ1v) is 5.82. The van der Waals surface area contributed by atoms with Crippen LogP contribution in [0.1, 0.15) is 12.0 Å². The molecule has 0 aliphatic heterocycles. The minimum atomic E-state index is -1.33. The lowest BCUT2D eigenvalue weighted by Crippen LogP contribution is -2.43. The van der Waals surface area contributed by atoms with E-state index in [4.69, 9.17) is 22.4 Å². The first-order chi connectivity index (χ1) is 8.90. The van der Waals surface area contributed by atoms with Crippen molar-refractivity contribution in [2.24, 2.45) is 5.73 Å². The lowest BCUT2D eigenvalue weighted by atomic mass is 10.1. The summed E-state index contributed by atoms with van der Waals surface area (Å²) in [5, 5.41) is 11.5. The molecule has 0 spiro atoms. The van der Waals surface area contributed by atoms with Crippen LogP contribution in [0.15, 0.2) is 24.3 Å². The Morgan fingerprint density at radius 1 is 1.32 bits per heavy atom. The van der Waals surface area contributed by atoms with Crippen molar-refractivity contribution >= 4 is 29.4 Å². The average Bonchev–Trinajstić information content (AvgIpc) is 2.30. The maximum absolute atomic E-state index is 11.7. The summed E-state index contributed by atoms with van der Waals surface area (Å²) in [6, 6.07) is 5.39. The molecule has 1 atom stereocenters. The molecule has 2 amide bonds. The smallest absolute Gasteiger partial charge is 0.326 e. The predicted molar refractivity (Wildman–Crippen MR) is 68.5 cm³/mol. The normalized spacial score (nSPS) is 11.6. The summed E-state index contributed by atoms with van der Waals surface area (Å²) in [7, 11) is 0. The monoisotopic (exact) mass is 284 g/mol. The van der Waals surface area contributed by atoms with Crippen LogP contribution in [0.3, 0.4) is 0 Å². The summed E-state index contributed by atoms with van der Waals surface area (Å²) in [6.07, 6.45) is -0.522. The van der Waals surface area contributed by atoms with Crippen molar-refractivity contribution in [3.8, 4) is 0 Å². The van der Waals surface area contributed by atoms with E-state index in [0.717, 1.165) is 0 Å². The third-order valence-electron chi connectivity index (χ3n) is 2.35. The van der Waals surface area contributed by atoms with Gasteiger partial charge in [0.15, 0.2) is 0 Å². The van der Waals surface area contributed by atoms with Gasteiger partial charge in [-0.3, -0.25) is 9.59 Å². The first kappa shape index (κ1) is 15.0. The standard InChI is InChI=1S/C12H13ClN2O4/c13-8-4-2-1-3-7(8)5-11(17)15-9(12(18)19)6-10(14)16/h1-4,9H,5-6H2,(H2,14,16)(H,15,17)(H,18,19). The highest BCUT2D eigenvalue weighted by Gasteiger charge is 2.22. The van der Waals surface area contributed by atoms with Gasteiger partial charge in [0.1, 0.15) is 6.04 Å². The van der Waals surface area contributed by atoms with E-state index in [-0.39, 0.29) is 6.42 Å². The molecule has 7 heteroatoms. The molecule has 1 rings (SSSR count). The molecule has 0 aliphatic carbocycles. The molecule has 0 heterocycles. The molecule has 19 heavy (non-hydrogen) atoms. The second-order valence-electron chi connectivity index (χ2n) is 3.90. The van der Waals surface area contributed by atoms with Crippen molar-refractivity contribution in [1.29, 1.82) is 0 Å². The number of benzene rings is 1. The van der Waals surface area contributed by atoms with Crippen LogP contribution in [0.2, 0.25) is 5.02 Å². The zero-order valence-corrected chi connectivity index (χ0v) is 10.7. The molecule has 4 N–H and O–H groups in total. The van der Waals surface area contributed by atoms with Gasteiger partial charge in [-0.25, -0.2) is 4.79 Å². The Hall–Kier alpha value is -2.08. The van der Waals surface area contributed by atoms with Crippen LogP contribution in [0.4, 0.5) is 0 Å². The van der Waals surface area contributed by atoms with Crippen molar-refractivity contribution in [2.45, 2.75) is 18.9 Å². The second kappa shape index (κ2) is 6.75. The van der Waals surface area contributed by atoms with Gasteiger partial charge in [-0.15, -0.1) is 0 Å². The zero-order chi connectivity index (χ0) is 14.4. The van der Waals surface area contributed by atoms with Crippen molar-refractivity contribution in [3.05, 3.63) is 34.9 Å². The van der Waals surface area contributed by atoms with Crippen molar-refractivity contribution in [3.63, 3.8) is 0 Å². The van der Waals surface area contributed by atoms with E-state index in [1.54, 1.807) is 24.3 Å². The summed E-state index contributed by atoms with van der Waals surface area (Å²) in [5.74, 6) is -2.65. The Morgan fingerprint density at radius 3 is 2.47 bits per heavy atom. The van der Waals surface area contributed by atoms with Crippen molar-refractivity contribution in [2.75, 3.05) is 0 Å². The minimum absolute atomic E-state index is 0.0672. The Bertz CT molecular complexity index is 504. The fourth-order valence-corrected chi connectivity index (χ4v) is 1.66. The van der Waals surface area contributed by atoms with Gasteiger partial charge < -0.3 is 16.2 Å². The number of hydrogen-bond donors (Lipinski definition) is 3. The SMILES string of the molecule is NC(=O)CC(NC(=O)Cc1ccccc1Cl)C(=O)O. The van der Waals surface area contributed by atoms with Gasteiger partial charge in [0.2, 0.25) is 11.8 Å². The molecule has 0 aromatic heterocycles. The van der Waals surface area contributed by atoms with Gasteiger partial charge in [-0.05, 0) is 11.6 Å². The van der Waals surface area contributed by atoms with Gasteiger partial charge in [-0.1, -0.05) is 29.8 Å². The molecule has 0 saturated carbocycles. The quantitative estimate of drug-likeness (QED) is 0.699. The fourth-order valence-electron chi connectivity index (χ4n) is 1.46. The topological polar surface area (TPSA) is 109 Å². The van der Waals surface area contributed by atoms with Gasteiger partial charge in [-0.2, -0.15) is 0 Å². The van der Waals surface area contributed by atoms with Gasteiger partial charge in [0.05, 0.1) is 12.8 Å². The highest BCUT2D eigenvalue weighted by atomic mass is 35.5. The molecular weight excluding hydrogens is 272 g/mol. The first-order valence-electron chi connectivity index (χ1n) is 5.44. The number of carboxylic acids is 1. The number of carbonyl (C=O) groups is 3. The van der Waals surface area contributed by atoms with Crippen LogP contribution in [0.25, 0.3) is 0 Å². The molecule has 0 radical (unpaired) electrons. The molecule has 0 saturated heterocycles. The average molecular weight is 285 g/mol. The van der Waals surface area contributed by atoms with Gasteiger partial charge in [0.25, 0.3) is 0 Å². The predicted octanol–water partition coefficient (Wildman–Crippen LogP) is 0.327. The third kappa shape index (κ3) is 4.97. The van der Waals surface area contributed by atoms with E-state index in [0.29, 0.717) is 10.6 Å². The lowest BCUT2D eigenvalue weighted by molar-refractivity contribution is -0.143. The van der Waals surface area contributed by atoms with E-state index >= 15 is 0 Å². The van der Waals surface area contributed by atoms with E-state index < -0.39 is 30.2 Å². The van der Waals surface area contributed by atoms with Gasteiger partial charge in [0, 0.05) is 5.02 Å². The summed E-state index contributed by atoms with van der Waals surface area (Å²) in [6.45, 7) is 0. The number of carbonyl (C=O) groups excluding carboxylic acids is 2. The summed E-state index contributed by atoms with van der Waals surface area (Å²) in [5.41, 5.74) is 5.48. The number of carboxylic acid groups (broad SMARTS) is 1. The zero-order valence-electron chi connectivity index (χ0n) is 9.93. The Labute approximate surface area is 114 Å². The van der Waals surface area contributed by atoms with E-state index in [2.05, 4.69) is 5.32 Å². The number of primary amides is 1. The third-order valence-corrected chi connectivity index (χ3v) is 2.72. The van der Waals surface area contributed by atoms with Crippen LogP contribution in [0.5, 0.6) is 0 Å². The Balaban J connectivity index is 2.65. The molecular formula is C12H13ClN2O4. The van der Waals surface area contributed by atoms with Crippen LogP contribution >= 0.6 is 11.6 Å². The number of nitrogens with two attached hydrogens (primary N) is 1. The second-order valence-corrected chi connectivity index (χ2v) is 4.30. The van der Waals surface area contributed by atoms with E-state index in [9.17, 15) is 14.4 Å².